The number of nitrogens with one attached hydrogen (secondary N) is 1. The minimum Gasteiger partial charge on any atom is -0.356 e. The van der Waals surface area contributed by atoms with Crippen molar-refractivity contribution in [2.24, 2.45) is 5.92 Å². The van der Waals surface area contributed by atoms with Gasteiger partial charge in [-0.1, -0.05) is 52.9 Å². The van der Waals surface area contributed by atoms with Crippen molar-refractivity contribution in [2.45, 2.75) is 78.6 Å². The van der Waals surface area contributed by atoms with Gasteiger partial charge >= 0.3 is 0 Å². The van der Waals surface area contributed by atoms with Crippen LogP contribution in [0.3, 0.4) is 0 Å². The summed E-state index contributed by atoms with van der Waals surface area (Å²) in [5.41, 5.74) is 0. The van der Waals surface area contributed by atoms with E-state index in [1.54, 1.807) is 0 Å². The SMILES string of the molecule is CCCCCC(=O)NCCCC(CC)CCC. The van der Waals surface area contributed by atoms with E-state index in [-0.39, 0.29) is 5.91 Å². The Kier molecular flexibility index (Phi) is 11.6. The maximum atomic E-state index is 11.4. The van der Waals surface area contributed by atoms with Crippen LogP contribution in [0.2, 0.25) is 0 Å². The molecule has 102 valence electrons. The molecule has 0 aromatic rings. The van der Waals surface area contributed by atoms with Gasteiger partial charge in [-0.2, -0.15) is 0 Å². The van der Waals surface area contributed by atoms with Crippen LogP contribution in [0.1, 0.15) is 78.6 Å². The number of unbranched alkanes of at least 4 members (excludes halogenated alkanes) is 2. The molecule has 0 aliphatic rings. The molecule has 0 aromatic heterocycles. The molecule has 0 bridgehead atoms. The summed E-state index contributed by atoms with van der Waals surface area (Å²) in [4.78, 5) is 11.4. The van der Waals surface area contributed by atoms with Crippen LogP contribution < -0.4 is 5.32 Å². The third-order valence-corrected chi connectivity index (χ3v) is 3.39. The first-order valence-electron chi connectivity index (χ1n) is 7.51. The lowest BCUT2D eigenvalue weighted by Crippen LogP contribution is -2.24. The molecule has 1 amide bonds. The van der Waals surface area contributed by atoms with Crippen molar-refractivity contribution in [3.8, 4) is 0 Å². The van der Waals surface area contributed by atoms with Crippen molar-refractivity contribution in [1.82, 2.24) is 5.32 Å². The second-order valence-corrected chi connectivity index (χ2v) is 5.01. The molecule has 1 atom stereocenters. The van der Waals surface area contributed by atoms with E-state index in [0.717, 1.165) is 25.3 Å². The molecule has 0 rings (SSSR count). The first-order chi connectivity index (χ1) is 8.24. The van der Waals surface area contributed by atoms with E-state index in [2.05, 4.69) is 26.1 Å². The molecular weight excluding hydrogens is 210 g/mol. The van der Waals surface area contributed by atoms with Crippen LogP contribution in [0, 0.1) is 5.92 Å². The summed E-state index contributed by atoms with van der Waals surface area (Å²) in [5.74, 6) is 1.10. The molecule has 2 nitrogen and oxygen atoms in total. The Balaban J connectivity index is 3.39. The zero-order chi connectivity index (χ0) is 12.9. The quantitative estimate of drug-likeness (QED) is 0.537. The Hall–Kier alpha value is -0.530. The number of hydrogen-bond acceptors (Lipinski definition) is 1. The number of rotatable bonds is 11. The van der Waals surface area contributed by atoms with Crippen molar-refractivity contribution >= 4 is 5.91 Å². The number of carbonyl (C=O) groups is 1. The molecule has 1 N–H and O–H groups in total. The lowest BCUT2D eigenvalue weighted by Gasteiger charge is -2.13. The highest BCUT2D eigenvalue weighted by atomic mass is 16.1. The minimum absolute atomic E-state index is 0.238. The van der Waals surface area contributed by atoms with Gasteiger partial charge in [0.25, 0.3) is 0 Å². The monoisotopic (exact) mass is 241 g/mol. The number of amides is 1. The fraction of sp³-hybridized carbons (Fsp3) is 0.933. The van der Waals surface area contributed by atoms with E-state index in [1.807, 2.05) is 0 Å². The first kappa shape index (κ1) is 16.5. The van der Waals surface area contributed by atoms with E-state index in [4.69, 9.17) is 0 Å². The zero-order valence-corrected chi connectivity index (χ0v) is 12.1. The molecule has 17 heavy (non-hydrogen) atoms. The van der Waals surface area contributed by atoms with Crippen molar-refractivity contribution in [2.75, 3.05) is 6.54 Å². The molecule has 0 saturated heterocycles. The third kappa shape index (κ3) is 10.3. The lowest BCUT2D eigenvalue weighted by molar-refractivity contribution is -0.121. The molecule has 0 saturated carbocycles. The Morgan fingerprint density at radius 2 is 1.76 bits per heavy atom. The highest BCUT2D eigenvalue weighted by Crippen LogP contribution is 2.16. The standard InChI is InChI=1S/C15H31NO/c1-4-7-8-12-15(17)16-13-9-11-14(6-3)10-5-2/h14H,4-13H2,1-3H3,(H,16,17). The minimum atomic E-state index is 0.238. The number of hydrogen-bond donors (Lipinski definition) is 1. The van der Waals surface area contributed by atoms with Crippen LogP contribution in [-0.2, 0) is 4.79 Å². The predicted molar refractivity (Wildman–Crippen MR) is 75.1 cm³/mol. The molecule has 0 heterocycles. The molecular formula is C15H31NO. The van der Waals surface area contributed by atoms with Crippen molar-refractivity contribution in [3.05, 3.63) is 0 Å². The summed E-state index contributed by atoms with van der Waals surface area (Å²) in [6.07, 6.45) is 10.4. The fourth-order valence-electron chi connectivity index (χ4n) is 2.20. The maximum absolute atomic E-state index is 11.4. The molecule has 0 aliphatic heterocycles. The van der Waals surface area contributed by atoms with Crippen LogP contribution in [0.4, 0.5) is 0 Å². The first-order valence-corrected chi connectivity index (χ1v) is 7.51. The average molecular weight is 241 g/mol. The van der Waals surface area contributed by atoms with Gasteiger partial charge in [0.2, 0.25) is 5.91 Å². The highest BCUT2D eigenvalue weighted by Gasteiger charge is 2.05. The van der Waals surface area contributed by atoms with Gasteiger partial charge in [-0.15, -0.1) is 0 Å². The zero-order valence-electron chi connectivity index (χ0n) is 12.1. The van der Waals surface area contributed by atoms with Crippen LogP contribution >= 0.6 is 0 Å². The lowest BCUT2D eigenvalue weighted by atomic mass is 9.95. The van der Waals surface area contributed by atoms with Crippen molar-refractivity contribution < 1.29 is 4.79 Å². The number of carbonyl (C=O) groups excluding carboxylic acids is 1. The van der Waals surface area contributed by atoms with E-state index in [9.17, 15) is 4.79 Å². The van der Waals surface area contributed by atoms with Crippen LogP contribution in [0.25, 0.3) is 0 Å². The molecule has 0 aliphatic carbocycles. The van der Waals surface area contributed by atoms with E-state index < -0.39 is 0 Å². The molecule has 2 heteroatoms. The van der Waals surface area contributed by atoms with E-state index in [0.29, 0.717) is 6.42 Å². The van der Waals surface area contributed by atoms with Gasteiger partial charge in [0.05, 0.1) is 0 Å². The average Bonchev–Trinajstić information content (AvgIpc) is 2.33. The van der Waals surface area contributed by atoms with Gasteiger partial charge in [-0.25, -0.2) is 0 Å². The van der Waals surface area contributed by atoms with Crippen molar-refractivity contribution in [3.63, 3.8) is 0 Å². The fourth-order valence-corrected chi connectivity index (χ4v) is 2.20. The molecule has 0 radical (unpaired) electrons. The predicted octanol–water partition coefficient (Wildman–Crippen LogP) is 4.29. The van der Waals surface area contributed by atoms with Gasteiger partial charge in [0.15, 0.2) is 0 Å². The van der Waals surface area contributed by atoms with E-state index in [1.165, 1.54) is 38.5 Å². The van der Waals surface area contributed by atoms with Gasteiger partial charge in [-0.3, -0.25) is 4.79 Å². The normalized spacial score (nSPS) is 12.4. The summed E-state index contributed by atoms with van der Waals surface area (Å²) in [6.45, 7) is 7.55. The van der Waals surface area contributed by atoms with Crippen LogP contribution in [0.5, 0.6) is 0 Å². The summed E-state index contributed by atoms with van der Waals surface area (Å²) < 4.78 is 0. The van der Waals surface area contributed by atoms with Gasteiger partial charge in [-0.05, 0) is 25.2 Å². The smallest absolute Gasteiger partial charge is 0.219 e. The Morgan fingerprint density at radius 3 is 2.35 bits per heavy atom. The summed E-state index contributed by atoms with van der Waals surface area (Å²) >= 11 is 0. The maximum Gasteiger partial charge on any atom is 0.219 e. The highest BCUT2D eigenvalue weighted by molar-refractivity contribution is 5.75. The summed E-state index contributed by atoms with van der Waals surface area (Å²) in [6, 6.07) is 0. The van der Waals surface area contributed by atoms with Crippen molar-refractivity contribution in [1.29, 1.82) is 0 Å². The molecule has 0 spiro atoms. The second kappa shape index (κ2) is 11.9. The second-order valence-electron chi connectivity index (χ2n) is 5.01. The van der Waals surface area contributed by atoms with Crippen LogP contribution in [0.15, 0.2) is 0 Å². The van der Waals surface area contributed by atoms with Crippen LogP contribution in [-0.4, -0.2) is 12.5 Å². The Bertz CT molecular complexity index is 180. The summed E-state index contributed by atoms with van der Waals surface area (Å²) in [7, 11) is 0. The van der Waals surface area contributed by atoms with Gasteiger partial charge in [0, 0.05) is 13.0 Å². The summed E-state index contributed by atoms with van der Waals surface area (Å²) in [5, 5.41) is 3.02. The third-order valence-electron chi connectivity index (χ3n) is 3.39. The topological polar surface area (TPSA) is 29.1 Å². The molecule has 0 fully saturated rings. The Labute approximate surface area is 108 Å². The molecule has 1 unspecified atom stereocenters. The largest absolute Gasteiger partial charge is 0.356 e. The van der Waals surface area contributed by atoms with E-state index >= 15 is 0 Å². The molecule has 0 aromatic carbocycles. The Morgan fingerprint density at radius 1 is 1.00 bits per heavy atom. The van der Waals surface area contributed by atoms with Gasteiger partial charge < -0.3 is 5.32 Å². The van der Waals surface area contributed by atoms with Gasteiger partial charge in [0.1, 0.15) is 0 Å².